The Hall–Kier alpha value is -1.39. The van der Waals surface area contributed by atoms with Crippen LogP contribution in [0.1, 0.15) is 56.7 Å². The first kappa shape index (κ1) is 19.4. The van der Waals surface area contributed by atoms with Crippen LogP contribution in [0.3, 0.4) is 0 Å². The van der Waals surface area contributed by atoms with Crippen molar-refractivity contribution in [3.8, 4) is 0 Å². The van der Waals surface area contributed by atoms with Crippen LogP contribution in [0.2, 0.25) is 0 Å². The number of benzene rings is 1. The Labute approximate surface area is 159 Å². The fourth-order valence-corrected chi connectivity index (χ4v) is 4.44. The molecular weight excluding hydrogens is 322 g/mol. The SMILES string of the molecule is CCN1CC2(CCC1=O)CCN(Cc1ccc([C@H](C)N(C)C)cc1)CC2. The van der Waals surface area contributed by atoms with E-state index in [1.165, 1.54) is 24.0 Å². The molecule has 1 atom stereocenters. The van der Waals surface area contributed by atoms with Crippen LogP contribution in [0.4, 0.5) is 0 Å². The van der Waals surface area contributed by atoms with E-state index >= 15 is 0 Å². The van der Waals surface area contributed by atoms with Crippen LogP contribution in [0.15, 0.2) is 24.3 Å². The third-order valence-corrected chi connectivity index (χ3v) is 6.69. The Morgan fingerprint density at radius 2 is 1.77 bits per heavy atom. The van der Waals surface area contributed by atoms with Crippen molar-refractivity contribution in [2.75, 3.05) is 40.3 Å². The predicted molar refractivity (Wildman–Crippen MR) is 107 cm³/mol. The van der Waals surface area contributed by atoms with Crippen LogP contribution >= 0.6 is 0 Å². The van der Waals surface area contributed by atoms with Gasteiger partial charge in [-0.1, -0.05) is 24.3 Å². The molecule has 2 aliphatic rings. The highest BCUT2D eigenvalue weighted by Crippen LogP contribution is 2.40. The van der Waals surface area contributed by atoms with Crippen molar-refractivity contribution in [2.45, 2.75) is 52.1 Å². The van der Waals surface area contributed by atoms with Crippen molar-refractivity contribution < 1.29 is 4.79 Å². The van der Waals surface area contributed by atoms with Crippen molar-refractivity contribution in [1.29, 1.82) is 0 Å². The number of hydrogen-bond acceptors (Lipinski definition) is 3. The van der Waals surface area contributed by atoms with Crippen LogP contribution in [0, 0.1) is 5.41 Å². The van der Waals surface area contributed by atoms with Gasteiger partial charge in [0.15, 0.2) is 0 Å². The second kappa shape index (κ2) is 8.10. The van der Waals surface area contributed by atoms with E-state index in [-0.39, 0.29) is 0 Å². The summed E-state index contributed by atoms with van der Waals surface area (Å²) >= 11 is 0. The Balaban J connectivity index is 1.53. The minimum Gasteiger partial charge on any atom is -0.342 e. The summed E-state index contributed by atoms with van der Waals surface area (Å²) in [5.41, 5.74) is 3.17. The number of likely N-dealkylation sites (tertiary alicyclic amines) is 2. The van der Waals surface area contributed by atoms with E-state index in [2.05, 4.69) is 66.9 Å². The molecule has 2 fully saturated rings. The smallest absolute Gasteiger partial charge is 0.222 e. The summed E-state index contributed by atoms with van der Waals surface area (Å²) in [7, 11) is 4.25. The molecule has 0 saturated carbocycles. The maximum atomic E-state index is 12.0. The summed E-state index contributed by atoms with van der Waals surface area (Å²) < 4.78 is 0. The molecule has 2 saturated heterocycles. The summed E-state index contributed by atoms with van der Waals surface area (Å²) in [6.07, 6.45) is 4.30. The number of carbonyl (C=O) groups excluding carboxylic acids is 1. The molecule has 1 aromatic rings. The Bertz CT molecular complexity index is 602. The molecule has 4 nitrogen and oxygen atoms in total. The predicted octanol–water partition coefficient (Wildman–Crippen LogP) is 3.53. The molecular formula is C22H35N3O. The van der Waals surface area contributed by atoms with Gasteiger partial charge in [0, 0.05) is 32.1 Å². The van der Waals surface area contributed by atoms with Crippen LogP contribution in [-0.2, 0) is 11.3 Å². The number of amides is 1. The first-order valence-corrected chi connectivity index (χ1v) is 10.2. The maximum absolute atomic E-state index is 12.0. The number of rotatable bonds is 5. The Morgan fingerprint density at radius 1 is 1.12 bits per heavy atom. The van der Waals surface area contributed by atoms with Gasteiger partial charge >= 0.3 is 0 Å². The summed E-state index contributed by atoms with van der Waals surface area (Å²) in [4.78, 5) is 18.9. The largest absolute Gasteiger partial charge is 0.342 e. The van der Waals surface area contributed by atoms with Crippen molar-refractivity contribution in [3.63, 3.8) is 0 Å². The van der Waals surface area contributed by atoms with Gasteiger partial charge in [-0.05, 0) is 76.8 Å². The molecule has 0 aromatic heterocycles. The zero-order valence-corrected chi connectivity index (χ0v) is 17.0. The number of piperidine rings is 2. The normalized spacial score (nSPS) is 22.2. The molecule has 0 N–H and O–H groups in total. The molecule has 1 aromatic carbocycles. The van der Waals surface area contributed by atoms with Crippen molar-refractivity contribution in [1.82, 2.24) is 14.7 Å². The monoisotopic (exact) mass is 357 g/mol. The van der Waals surface area contributed by atoms with E-state index in [9.17, 15) is 4.79 Å². The van der Waals surface area contributed by atoms with Gasteiger partial charge in [-0.15, -0.1) is 0 Å². The second-order valence-electron chi connectivity index (χ2n) is 8.57. The molecule has 1 amide bonds. The van der Waals surface area contributed by atoms with Crippen LogP contribution in [0.25, 0.3) is 0 Å². The van der Waals surface area contributed by atoms with E-state index in [1.54, 1.807) is 0 Å². The maximum Gasteiger partial charge on any atom is 0.222 e. The molecule has 144 valence electrons. The molecule has 2 heterocycles. The van der Waals surface area contributed by atoms with E-state index in [0.29, 0.717) is 17.4 Å². The van der Waals surface area contributed by atoms with Crippen LogP contribution in [-0.4, -0.2) is 60.9 Å². The van der Waals surface area contributed by atoms with Gasteiger partial charge in [-0.3, -0.25) is 9.69 Å². The van der Waals surface area contributed by atoms with Gasteiger partial charge in [0.05, 0.1) is 0 Å². The van der Waals surface area contributed by atoms with Gasteiger partial charge in [-0.2, -0.15) is 0 Å². The lowest BCUT2D eigenvalue weighted by molar-refractivity contribution is -0.138. The third kappa shape index (κ3) is 4.29. The number of nitrogens with zero attached hydrogens (tertiary/aromatic N) is 3. The zero-order valence-electron chi connectivity index (χ0n) is 17.0. The van der Waals surface area contributed by atoms with Gasteiger partial charge in [0.25, 0.3) is 0 Å². The second-order valence-corrected chi connectivity index (χ2v) is 8.57. The molecule has 0 bridgehead atoms. The third-order valence-electron chi connectivity index (χ3n) is 6.69. The quantitative estimate of drug-likeness (QED) is 0.806. The average Bonchev–Trinajstić information content (AvgIpc) is 2.66. The van der Waals surface area contributed by atoms with E-state index in [0.717, 1.165) is 45.6 Å². The van der Waals surface area contributed by atoms with Crippen LogP contribution in [0.5, 0.6) is 0 Å². The van der Waals surface area contributed by atoms with Gasteiger partial charge < -0.3 is 9.80 Å². The topological polar surface area (TPSA) is 26.8 Å². The molecule has 3 rings (SSSR count). The lowest BCUT2D eigenvalue weighted by atomic mass is 9.72. The van der Waals surface area contributed by atoms with Gasteiger partial charge in [0.1, 0.15) is 0 Å². The van der Waals surface area contributed by atoms with Crippen molar-refractivity contribution in [2.24, 2.45) is 5.41 Å². The molecule has 0 radical (unpaired) electrons. The fraction of sp³-hybridized carbons (Fsp3) is 0.682. The minimum atomic E-state index is 0.354. The first-order chi connectivity index (χ1) is 12.4. The highest BCUT2D eigenvalue weighted by atomic mass is 16.2. The molecule has 0 unspecified atom stereocenters. The van der Waals surface area contributed by atoms with Gasteiger partial charge in [-0.25, -0.2) is 0 Å². The lowest BCUT2D eigenvalue weighted by Crippen LogP contribution is -2.51. The highest BCUT2D eigenvalue weighted by molar-refractivity contribution is 5.77. The molecule has 0 aliphatic carbocycles. The number of carbonyl (C=O) groups is 1. The first-order valence-electron chi connectivity index (χ1n) is 10.2. The van der Waals surface area contributed by atoms with E-state index < -0.39 is 0 Å². The Kier molecular flexibility index (Phi) is 6.03. The summed E-state index contributed by atoms with van der Waals surface area (Å²) in [6.45, 7) is 9.54. The standard InChI is InChI=1S/C22H35N3O/c1-5-25-17-22(11-10-21(25)26)12-14-24(15-13-22)16-19-6-8-20(9-7-19)18(2)23(3)4/h6-9,18H,5,10-17H2,1-4H3/t18-/m0/s1. The van der Waals surface area contributed by atoms with E-state index in [1.807, 2.05) is 0 Å². The molecule has 2 aliphatic heterocycles. The van der Waals surface area contributed by atoms with E-state index in [4.69, 9.17) is 0 Å². The lowest BCUT2D eigenvalue weighted by Gasteiger charge is -2.47. The fourth-order valence-electron chi connectivity index (χ4n) is 4.44. The highest BCUT2D eigenvalue weighted by Gasteiger charge is 2.40. The van der Waals surface area contributed by atoms with Gasteiger partial charge in [0.2, 0.25) is 5.91 Å². The Morgan fingerprint density at radius 3 is 2.35 bits per heavy atom. The zero-order chi connectivity index (χ0) is 18.7. The van der Waals surface area contributed by atoms with Crippen molar-refractivity contribution in [3.05, 3.63) is 35.4 Å². The van der Waals surface area contributed by atoms with Crippen LogP contribution < -0.4 is 0 Å². The molecule has 4 heteroatoms. The molecule has 1 spiro atoms. The molecule has 26 heavy (non-hydrogen) atoms. The summed E-state index contributed by atoms with van der Waals surface area (Å²) in [6, 6.07) is 9.58. The van der Waals surface area contributed by atoms with Crippen molar-refractivity contribution >= 4 is 5.91 Å². The average molecular weight is 358 g/mol. The summed E-state index contributed by atoms with van der Waals surface area (Å²) in [5, 5.41) is 0. The number of hydrogen-bond donors (Lipinski definition) is 0. The summed E-state index contributed by atoms with van der Waals surface area (Å²) in [5.74, 6) is 0.354. The minimum absolute atomic E-state index is 0.354.